The van der Waals surface area contributed by atoms with E-state index in [1.165, 1.54) is 10.9 Å². The number of aromatic hydroxyl groups is 1. The first-order chi connectivity index (χ1) is 13.1. The number of hydrogen-bond acceptors (Lipinski definition) is 4. The lowest BCUT2D eigenvalue weighted by Gasteiger charge is -2.32. The maximum Gasteiger partial charge on any atom is 0.164 e. The van der Waals surface area contributed by atoms with Gasteiger partial charge in [-0.2, -0.15) is 0 Å². The first-order valence-electron chi connectivity index (χ1n) is 9.70. The summed E-state index contributed by atoms with van der Waals surface area (Å²) < 4.78 is 10.8. The Balaban J connectivity index is 2.44. The van der Waals surface area contributed by atoms with Crippen LogP contribution in [0.4, 0.5) is 0 Å². The van der Waals surface area contributed by atoms with Crippen molar-refractivity contribution in [3.8, 4) is 17.2 Å². The van der Waals surface area contributed by atoms with Gasteiger partial charge in [-0.25, -0.2) is 0 Å². The van der Waals surface area contributed by atoms with Gasteiger partial charge in [0.1, 0.15) is 5.75 Å². The van der Waals surface area contributed by atoms with Crippen LogP contribution in [-0.2, 0) is 11.7 Å². The largest absolute Gasteiger partial charge is 0.504 e. The molecule has 5 heteroatoms. The molecular formula is C23H34NO3P. The Labute approximate surface area is 171 Å². The van der Waals surface area contributed by atoms with E-state index in [0.717, 1.165) is 18.5 Å². The smallest absolute Gasteiger partial charge is 0.164 e. The molecule has 0 aliphatic rings. The molecule has 154 valence electrons. The van der Waals surface area contributed by atoms with Gasteiger partial charge in [-0.3, -0.25) is 0 Å². The van der Waals surface area contributed by atoms with Gasteiger partial charge < -0.3 is 19.9 Å². The molecule has 2 aromatic carbocycles. The number of phenolic OH excluding ortho intramolecular Hbond substituents is 1. The number of nitrogens with one attached hydrogen (secondary N) is 1. The van der Waals surface area contributed by atoms with Gasteiger partial charge in [-0.1, -0.05) is 46.7 Å². The third-order valence-electron chi connectivity index (χ3n) is 5.04. The first-order valence-corrected chi connectivity index (χ1v) is 10.7. The lowest BCUT2D eigenvalue weighted by Crippen LogP contribution is -2.36. The second kappa shape index (κ2) is 9.15. The fourth-order valence-electron chi connectivity index (χ4n) is 3.08. The van der Waals surface area contributed by atoms with Gasteiger partial charge in [0.05, 0.1) is 14.2 Å². The fraction of sp³-hybridized carbons (Fsp3) is 0.478. The fourth-order valence-corrected chi connectivity index (χ4v) is 4.69. The summed E-state index contributed by atoms with van der Waals surface area (Å²) in [5, 5.41) is 15.5. The lowest BCUT2D eigenvalue weighted by atomic mass is 9.95. The molecule has 0 aromatic heterocycles. The predicted octanol–water partition coefficient (Wildman–Crippen LogP) is 4.93. The van der Waals surface area contributed by atoms with E-state index in [-0.39, 0.29) is 16.4 Å². The van der Waals surface area contributed by atoms with Crippen LogP contribution in [-0.4, -0.2) is 24.9 Å². The van der Waals surface area contributed by atoms with Crippen LogP contribution in [0.3, 0.4) is 0 Å². The molecule has 4 nitrogen and oxygen atoms in total. The average molecular weight is 404 g/mol. The topological polar surface area (TPSA) is 50.7 Å². The van der Waals surface area contributed by atoms with E-state index in [2.05, 4.69) is 64.2 Å². The van der Waals surface area contributed by atoms with Crippen molar-refractivity contribution in [3.05, 3.63) is 47.5 Å². The van der Waals surface area contributed by atoms with Crippen molar-refractivity contribution < 1.29 is 14.6 Å². The van der Waals surface area contributed by atoms with Crippen molar-refractivity contribution in [1.29, 1.82) is 0 Å². The zero-order valence-corrected chi connectivity index (χ0v) is 19.1. The van der Waals surface area contributed by atoms with E-state index in [9.17, 15) is 5.11 Å². The molecule has 0 fully saturated rings. The third-order valence-corrected chi connectivity index (χ3v) is 6.97. The molecule has 2 unspecified atom stereocenters. The Kier molecular flexibility index (Phi) is 7.36. The Morgan fingerprint density at radius 2 is 1.71 bits per heavy atom. The van der Waals surface area contributed by atoms with Crippen LogP contribution in [0, 0.1) is 0 Å². The molecule has 0 saturated heterocycles. The third kappa shape index (κ3) is 5.40. The molecular weight excluding hydrogens is 369 g/mol. The van der Waals surface area contributed by atoms with Gasteiger partial charge in [0.2, 0.25) is 0 Å². The van der Waals surface area contributed by atoms with Crippen LogP contribution in [0.15, 0.2) is 36.4 Å². The Morgan fingerprint density at radius 3 is 2.29 bits per heavy atom. The average Bonchev–Trinajstić information content (AvgIpc) is 2.66. The Morgan fingerprint density at radius 1 is 1.04 bits per heavy atom. The standard InChI is InChI=1S/C23H34NO3P/c1-8-23(5,18-13-17(26-6)14-19(27-7)21(18)25)28-20-12-10-9-11-16(20)15-24-22(2,3)4/h9-14,24-25,28H,8,15H2,1-7H3. The summed E-state index contributed by atoms with van der Waals surface area (Å²) in [7, 11) is 3.70. The zero-order valence-electron chi connectivity index (χ0n) is 18.1. The quantitative estimate of drug-likeness (QED) is 0.614. The second-order valence-electron chi connectivity index (χ2n) is 8.30. The van der Waals surface area contributed by atoms with E-state index < -0.39 is 0 Å². The van der Waals surface area contributed by atoms with Crippen molar-refractivity contribution in [2.24, 2.45) is 0 Å². The first kappa shape index (κ1) is 22.5. The SMILES string of the molecule is CCC(C)(Pc1ccccc1CNC(C)(C)C)c1cc(OC)cc(OC)c1O. The molecule has 0 bridgehead atoms. The molecule has 0 spiro atoms. The van der Waals surface area contributed by atoms with Crippen molar-refractivity contribution in [3.63, 3.8) is 0 Å². The normalized spacial score (nSPS) is 14.2. The molecule has 2 rings (SSSR count). The summed E-state index contributed by atoms with van der Waals surface area (Å²) in [5.41, 5.74) is 2.22. The van der Waals surface area contributed by atoms with Crippen LogP contribution >= 0.6 is 8.58 Å². The minimum Gasteiger partial charge on any atom is -0.504 e. The molecule has 0 saturated carbocycles. The molecule has 28 heavy (non-hydrogen) atoms. The molecule has 2 N–H and O–H groups in total. The Hall–Kier alpha value is -1.77. The highest BCUT2D eigenvalue weighted by molar-refractivity contribution is 7.48. The molecule has 0 aliphatic carbocycles. The summed E-state index contributed by atoms with van der Waals surface area (Å²) in [6.07, 6.45) is 0.885. The predicted molar refractivity (Wildman–Crippen MR) is 120 cm³/mol. The van der Waals surface area contributed by atoms with E-state index >= 15 is 0 Å². The molecule has 0 radical (unpaired) electrons. The number of hydrogen-bond donors (Lipinski definition) is 2. The number of ether oxygens (including phenoxy) is 2. The van der Waals surface area contributed by atoms with Crippen LogP contribution < -0.4 is 20.1 Å². The Bertz CT molecular complexity index is 801. The minimum absolute atomic E-state index is 0.0582. The summed E-state index contributed by atoms with van der Waals surface area (Å²) in [5.74, 6) is 1.34. The maximum atomic E-state index is 10.8. The molecule has 2 aromatic rings. The highest BCUT2D eigenvalue weighted by atomic mass is 31.1. The number of benzene rings is 2. The summed E-state index contributed by atoms with van der Waals surface area (Å²) in [6, 6.07) is 12.2. The lowest BCUT2D eigenvalue weighted by molar-refractivity contribution is 0.357. The number of methoxy groups -OCH3 is 2. The zero-order chi connectivity index (χ0) is 20.9. The van der Waals surface area contributed by atoms with Crippen LogP contribution in [0.1, 0.15) is 52.2 Å². The van der Waals surface area contributed by atoms with Gasteiger partial charge in [0.25, 0.3) is 0 Å². The van der Waals surface area contributed by atoms with Gasteiger partial charge in [0.15, 0.2) is 11.5 Å². The molecule has 0 amide bonds. The monoisotopic (exact) mass is 403 g/mol. The van der Waals surface area contributed by atoms with Crippen molar-refractivity contribution >= 4 is 13.9 Å². The summed E-state index contributed by atoms with van der Waals surface area (Å²) in [4.78, 5) is 0. The molecule has 0 aliphatic heterocycles. The minimum atomic E-state index is -0.232. The summed E-state index contributed by atoms with van der Waals surface area (Å²) in [6.45, 7) is 11.7. The van der Waals surface area contributed by atoms with Crippen LogP contribution in [0.5, 0.6) is 17.2 Å². The number of rotatable bonds is 8. The van der Waals surface area contributed by atoms with Gasteiger partial charge in [0, 0.05) is 28.9 Å². The second-order valence-corrected chi connectivity index (χ2v) is 10.2. The molecule has 0 heterocycles. The van der Waals surface area contributed by atoms with Gasteiger partial charge in [-0.15, -0.1) is 0 Å². The van der Waals surface area contributed by atoms with Crippen molar-refractivity contribution in [1.82, 2.24) is 5.32 Å². The molecule has 2 atom stereocenters. The van der Waals surface area contributed by atoms with Crippen LogP contribution in [0.2, 0.25) is 0 Å². The summed E-state index contributed by atoms with van der Waals surface area (Å²) >= 11 is 0. The van der Waals surface area contributed by atoms with E-state index in [4.69, 9.17) is 9.47 Å². The van der Waals surface area contributed by atoms with E-state index in [1.54, 1.807) is 20.3 Å². The van der Waals surface area contributed by atoms with Gasteiger partial charge >= 0.3 is 0 Å². The van der Waals surface area contributed by atoms with E-state index in [0.29, 0.717) is 20.1 Å². The number of phenols is 1. The van der Waals surface area contributed by atoms with Gasteiger partial charge in [-0.05, 0) is 44.1 Å². The van der Waals surface area contributed by atoms with Crippen molar-refractivity contribution in [2.75, 3.05) is 14.2 Å². The van der Waals surface area contributed by atoms with Crippen molar-refractivity contribution in [2.45, 2.75) is 58.3 Å². The highest BCUT2D eigenvalue weighted by Crippen LogP contribution is 2.51. The highest BCUT2D eigenvalue weighted by Gasteiger charge is 2.31. The van der Waals surface area contributed by atoms with Crippen LogP contribution in [0.25, 0.3) is 0 Å². The maximum absolute atomic E-state index is 10.8. The van der Waals surface area contributed by atoms with E-state index in [1.807, 2.05) is 6.07 Å².